The average Bonchev–Trinajstić information content (AvgIpc) is 2.28. The lowest BCUT2D eigenvalue weighted by atomic mass is 10.3. The Hall–Kier alpha value is -1.36. The number of likely N-dealkylation sites (N-methyl/N-ethyl adjacent to an activating group) is 1. The van der Waals surface area contributed by atoms with Gasteiger partial charge in [0.25, 0.3) is 0 Å². The van der Waals surface area contributed by atoms with Crippen molar-refractivity contribution in [1.29, 1.82) is 0 Å². The van der Waals surface area contributed by atoms with Gasteiger partial charge >= 0.3 is 0 Å². The van der Waals surface area contributed by atoms with E-state index in [1.165, 1.54) is 19.3 Å². The molecule has 0 saturated carbocycles. The number of nitrogens with zero attached hydrogens (tertiary/aromatic N) is 2. The maximum absolute atomic E-state index is 13.7. The normalized spacial score (nSPS) is 10.1. The van der Waals surface area contributed by atoms with Gasteiger partial charge in [-0.2, -0.15) is 0 Å². The third-order valence-corrected chi connectivity index (χ3v) is 2.40. The largest absolute Gasteiger partial charge is 0.358 e. The molecular weight excluding hydrogens is 245 g/mol. The summed E-state index contributed by atoms with van der Waals surface area (Å²) < 4.78 is 13.7. The van der Waals surface area contributed by atoms with Gasteiger partial charge in [-0.25, -0.2) is 9.37 Å². The molecule has 1 N–H and O–H groups in total. The van der Waals surface area contributed by atoms with Crippen molar-refractivity contribution >= 4 is 23.3 Å². The first kappa shape index (κ1) is 13.7. The van der Waals surface area contributed by atoms with Gasteiger partial charge in [-0.05, 0) is 12.5 Å². The van der Waals surface area contributed by atoms with Gasteiger partial charge < -0.3 is 10.2 Å². The first-order valence-corrected chi connectivity index (χ1v) is 5.72. The van der Waals surface area contributed by atoms with E-state index in [1.807, 2.05) is 6.92 Å². The average molecular weight is 260 g/mol. The number of anilines is 1. The van der Waals surface area contributed by atoms with E-state index >= 15 is 0 Å². The zero-order valence-electron chi connectivity index (χ0n) is 9.83. The molecule has 0 unspecified atom stereocenters. The first-order valence-electron chi connectivity index (χ1n) is 5.35. The van der Waals surface area contributed by atoms with Crippen LogP contribution in [0, 0.1) is 5.82 Å². The fourth-order valence-corrected chi connectivity index (χ4v) is 1.57. The lowest BCUT2D eigenvalue weighted by Crippen LogP contribution is -2.37. The zero-order valence-corrected chi connectivity index (χ0v) is 10.6. The SMILES string of the molecule is CCCN(CC(=O)NC)c1ncc(Cl)cc1F. The lowest BCUT2D eigenvalue weighted by molar-refractivity contribution is -0.119. The Morgan fingerprint density at radius 3 is 2.88 bits per heavy atom. The molecule has 1 heterocycles. The highest BCUT2D eigenvalue weighted by atomic mass is 35.5. The quantitative estimate of drug-likeness (QED) is 0.878. The smallest absolute Gasteiger partial charge is 0.239 e. The Balaban J connectivity index is 2.92. The van der Waals surface area contributed by atoms with E-state index in [9.17, 15) is 9.18 Å². The Bertz CT molecular complexity index is 400. The highest BCUT2D eigenvalue weighted by molar-refractivity contribution is 6.30. The second kappa shape index (κ2) is 6.39. The maximum atomic E-state index is 13.7. The molecule has 0 atom stereocenters. The molecule has 0 saturated heterocycles. The fourth-order valence-electron chi connectivity index (χ4n) is 1.42. The van der Waals surface area contributed by atoms with Crippen molar-refractivity contribution in [1.82, 2.24) is 10.3 Å². The van der Waals surface area contributed by atoms with Gasteiger partial charge in [0.15, 0.2) is 11.6 Å². The molecule has 1 aromatic heterocycles. The van der Waals surface area contributed by atoms with Crippen LogP contribution in [-0.2, 0) is 4.79 Å². The predicted octanol–water partition coefficient (Wildman–Crippen LogP) is 1.84. The maximum Gasteiger partial charge on any atom is 0.239 e. The topological polar surface area (TPSA) is 45.2 Å². The number of aromatic nitrogens is 1. The second-order valence-electron chi connectivity index (χ2n) is 3.55. The van der Waals surface area contributed by atoms with Crippen molar-refractivity contribution in [2.45, 2.75) is 13.3 Å². The number of pyridine rings is 1. The monoisotopic (exact) mass is 259 g/mol. The lowest BCUT2D eigenvalue weighted by Gasteiger charge is -2.22. The Morgan fingerprint density at radius 1 is 1.65 bits per heavy atom. The molecule has 1 amide bonds. The van der Waals surface area contributed by atoms with Gasteiger partial charge in [0.1, 0.15) is 0 Å². The molecule has 0 aliphatic carbocycles. The van der Waals surface area contributed by atoms with Crippen LogP contribution >= 0.6 is 11.6 Å². The van der Waals surface area contributed by atoms with Crippen LogP contribution in [0.3, 0.4) is 0 Å². The number of halogens is 2. The summed E-state index contributed by atoms with van der Waals surface area (Å²) >= 11 is 5.63. The highest BCUT2D eigenvalue weighted by Crippen LogP contribution is 2.19. The highest BCUT2D eigenvalue weighted by Gasteiger charge is 2.15. The molecule has 94 valence electrons. The summed E-state index contributed by atoms with van der Waals surface area (Å²) in [5, 5.41) is 2.74. The summed E-state index contributed by atoms with van der Waals surface area (Å²) in [6, 6.07) is 1.19. The van der Waals surface area contributed by atoms with Gasteiger partial charge in [0.2, 0.25) is 5.91 Å². The number of carbonyl (C=O) groups is 1. The van der Waals surface area contributed by atoms with Crippen LogP contribution in [0.2, 0.25) is 5.02 Å². The molecule has 1 rings (SSSR count). The van der Waals surface area contributed by atoms with Gasteiger partial charge in [-0.15, -0.1) is 0 Å². The Labute approximate surface area is 105 Å². The summed E-state index contributed by atoms with van der Waals surface area (Å²) in [6.45, 7) is 2.58. The van der Waals surface area contributed by atoms with Gasteiger partial charge in [-0.1, -0.05) is 18.5 Å². The summed E-state index contributed by atoms with van der Waals surface area (Å²) in [6.07, 6.45) is 2.16. The van der Waals surface area contributed by atoms with Crippen LogP contribution in [-0.4, -0.2) is 31.0 Å². The van der Waals surface area contributed by atoms with Crippen LogP contribution in [0.5, 0.6) is 0 Å². The fraction of sp³-hybridized carbons (Fsp3) is 0.455. The molecule has 0 aliphatic rings. The van der Waals surface area contributed by atoms with Gasteiger partial charge in [0.05, 0.1) is 11.6 Å². The Morgan fingerprint density at radius 2 is 2.35 bits per heavy atom. The van der Waals surface area contributed by atoms with Crippen molar-refractivity contribution in [2.24, 2.45) is 0 Å². The second-order valence-corrected chi connectivity index (χ2v) is 3.99. The Kier molecular flexibility index (Phi) is 5.15. The van der Waals surface area contributed by atoms with Crippen LogP contribution in [0.15, 0.2) is 12.3 Å². The van der Waals surface area contributed by atoms with Crippen LogP contribution in [0.1, 0.15) is 13.3 Å². The standard InChI is InChI=1S/C11H15ClFN3O/c1-3-4-16(7-10(17)14-2)11-9(13)5-8(12)6-15-11/h5-6H,3-4,7H2,1-2H3,(H,14,17). The molecule has 4 nitrogen and oxygen atoms in total. The van der Waals surface area contributed by atoms with Crippen molar-refractivity contribution < 1.29 is 9.18 Å². The molecule has 0 spiro atoms. The number of amides is 1. The number of nitrogens with one attached hydrogen (secondary N) is 1. The molecule has 1 aromatic rings. The molecular formula is C11H15ClFN3O. The summed E-state index contributed by atoms with van der Waals surface area (Å²) in [5.74, 6) is -0.552. The van der Waals surface area contributed by atoms with Crippen molar-refractivity contribution in [3.63, 3.8) is 0 Å². The third kappa shape index (κ3) is 3.85. The van der Waals surface area contributed by atoms with E-state index in [1.54, 1.807) is 4.90 Å². The molecule has 0 fully saturated rings. The molecule has 6 heteroatoms. The van der Waals surface area contributed by atoms with E-state index in [4.69, 9.17) is 11.6 Å². The van der Waals surface area contributed by atoms with Gasteiger partial charge in [0, 0.05) is 19.8 Å². The summed E-state index contributed by atoms with van der Waals surface area (Å²) in [4.78, 5) is 16.8. The van der Waals surface area contributed by atoms with Crippen molar-refractivity contribution in [2.75, 3.05) is 25.0 Å². The summed E-state index contributed by atoms with van der Waals surface area (Å²) in [5.41, 5.74) is 0. The van der Waals surface area contributed by atoms with Crippen LogP contribution < -0.4 is 10.2 Å². The van der Waals surface area contributed by atoms with Crippen molar-refractivity contribution in [3.8, 4) is 0 Å². The molecule has 0 aliphatic heterocycles. The molecule has 17 heavy (non-hydrogen) atoms. The van der Waals surface area contributed by atoms with Gasteiger partial charge in [-0.3, -0.25) is 4.79 Å². The minimum atomic E-state index is -0.519. The number of hydrogen-bond donors (Lipinski definition) is 1. The zero-order chi connectivity index (χ0) is 12.8. The molecule has 0 radical (unpaired) electrons. The van der Waals surface area contributed by atoms with E-state index in [-0.39, 0.29) is 23.3 Å². The number of rotatable bonds is 5. The summed E-state index contributed by atoms with van der Waals surface area (Å²) in [7, 11) is 1.54. The number of carbonyl (C=O) groups excluding carboxylic acids is 1. The predicted molar refractivity (Wildman–Crippen MR) is 65.8 cm³/mol. The van der Waals surface area contributed by atoms with Crippen LogP contribution in [0.4, 0.5) is 10.2 Å². The third-order valence-electron chi connectivity index (χ3n) is 2.19. The first-order chi connectivity index (χ1) is 8.08. The van der Waals surface area contributed by atoms with E-state index in [2.05, 4.69) is 10.3 Å². The minimum absolute atomic E-state index is 0.0793. The number of hydrogen-bond acceptors (Lipinski definition) is 3. The molecule has 0 aromatic carbocycles. The minimum Gasteiger partial charge on any atom is -0.358 e. The molecule has 0 bridgehead atoms. The van der Waals surface area contributed by atoms with E-state index in [0.717, 1.165) is 6.42 Å². The van der Waals surface area contributed by atoms with E-state index in [0.29, 0.717) is 6.54 Å². The van der Waals surface area contributed by atoms with Crippen LogP contribution in [0.25, 0.3) is 0 Å². The van der Waals surface area contributed by atoms with Crippen molar-refractivity contribution in [3.05, 3.63) is 23.1 Å². The van der Waals surface area contributed by atoms with E-state index < -0.39 is 5.82 Å².